The Bertz CT molecular complexity index is 884. The first kappa shape index (κ1) is 19.0. The molecule has 2 aromatic carbocycles. The van der Waals surface area contributed by atoms with Crippen LogP contribution in [0.4, 0.5) is 0 Å². The minimum atomic E-state index is -0.868. The average Bonchev–Trinajstić information content (AvgIpc) is 2.98. The van der Waals surface area contributed by atoms with Crippen molar-refractivity contribution in [1.29, 1.82) is 0 Å². The van der Waals surface area contributed by atoms with Crippen LogP contribution in [0.1, 0.15) is 54.5 Å². The molecule has 0 aromatic heterocycles. The van der Waals surface area contributed by atoms with Crippen molar-refractivity contribution < 1.29 is 19.3 Å². The standard InChI is InChI=1S/C24H26O4/c1-4-18-12-20-15-27-24(14-21(25)10-16(3)28-24)23(20)13-19(18)11-17-6-8-22(9-7-17)26-5-2/h1,6-9,12-13,16,21,25H,5,10-11,14-15H2,2-3H3/t16?,21?,24-/m1/s1. The van der Waals surface area contributed by atoms with Gasteiger partial charge in [-0.3, -0.25) is 0 Å². The number of ether oxygens (including phenoxy) is 3. The second-order valence-corrected chi connectivity index (χ2v) is 7.63. The van der Waals surface area contributed by atoms with Gasteiger partial charge in [0.2, 0.25) is 0 Å². The maximum atomic E-state index is 10.3. The highest BCUT2D eigenvalue weighted by Crippen LogP contribution is 2.46. The third-order valence-corrected chi connectivity index (χ3v) is 5.48. The molecule has 2 aliphatic heterocycles. The largest absolute Gasteiger partial charge is 0.494 e. The molecular formula is C24H26O4. The average molecular weight is 378 g/mol. The van der Waals surface area contributed by atoms with Gasteiger partial charge in [-0.05, 0) is 67.6 Å². The quantitative estimate of drug-likeness (QED) is 0.820. The maximum Gasteiger partial charge on any atom is 0.198 e. The highest BCUT2D eigenvalue weighted by Gasteiger charge is 2.47. The molecule has 2 aromatic rings. The Hall–Kier alpha value is -2.32. The van der Waals surface area contributed by atoms with Crippen molar-refractivity contribution >= 4 is 0 Å². The smallest absolute Gasteiger partial charge is 0.198 e. The van der Waals surface area contributed by atoms with Gasteiger partial charge in [0.25, 0.3) is 0 Å². The van der Waals surface area contributed by atoms with Crippen LogP contribution in [-0.4, -0.2) is 23.9 Å². The van der Waals surface area contributed by atoms with E-state index in [1.165, 1.54) is 0 Å². The Morgan fingerprint density at radius 2 is 2.07 bits per heavy atom. The normalized spacial score (nSPS) is 26.1. The maximum absolute atomic E-state index is 10.3. The van der Waals surface area contributed by atoms with E-state index in [-0.39, 0.29) is 6.10 Å². The van der Waals surface area contributed by atoms with Crippen LogP contribution in [0.5, 0.6) is 5.75 Å². The van der Waals surface area contributed by atoms with E-state index in [2.05, 4.69) is 24.1 Å². The summed E-state index contributed by atoms with van der Waals surface area (Å²) in [5, 5.41) is 10.3. The van der Waals surface area contributed by atoms with Gasteiger partial charge in [0.1, 0.15) is 5.75 Å². The van der Waals surface area contributed by atoms with Crippen molar-refractivity contribution in [3.8, 4) is 18.1 Å². The van der Waals surface area contributed by atoms with Crippen LogP contribution in [0.15, 0.2) is 36.4 Å². The minimum Gasteiger partial charge on any atom is -0.494 e. The first-order valence-corrected chi connectivity index (χ1v) is 9.87. The summed E-state index contributed by atoms with van der Waals surface area (Å²) in [5.41, 5.74) is 5.14. The summed E-state index contributed by atoms with van der Waals surface area (Å²) in [6.45, 7) is 5.05. The van der Waals surface area contributed by atoms with E-state index < -0.39 is 11.9 Å². The van der Waals surface area contributed by atoms with Gasteiger partial charge >= 0.3 is 0 Å². The molecule has 4 heteroatoms. The molecule has 2 unspecified atom stereocenters. The van der Waals surface area contributed by atoms with Crippen LogP contribution in [0.25, 0.3) is 0 Å². The number of rotatable bonds is 4. The monoisotopic (exact) mass is 378 g/mol. The predicted molar refractivity (Wildman–Crippen MR) is 107 cm³/mol. The molecule has 2 heterocycles. The van der Waals surface area contributed by atoms with Crippen LogP contribution in [0.2, 0.25) is 0 Å². The van der Waals surface area contributed by atoms with Gasteiger partial charge in [0.15, 0.2) is 5.79 Å². The van der Waals surface area contributed by atoms with Gasteiger partial charge in [0, 0.05) is 17.5 Å². The van der Waals surface area contributed by atoms with Crippen molar-refractivity contribution in [2.75, 3.05) is 6.61 Å². The third-order valence-electron chi connectivity index (χ3n) is 5.48. The van der Waals surface area contributed by atoms with Crippen molar-refractivity contribution in [2.24, 2.45) is 0 Å². The second kappa shape index (κ2) is 7.60. The number of fused-ring (bicyclic) bond motifs is 2. The zero-order valence-corrected chi connectivity index (χ0v) is 16.4. The topological polar surface area (TPSA) is 47.9 Å². The molecule has 1 spiro atoms. The molecule has 28 heavy (non-hydrogen) atoms. The summed E-state index contributed by atoms with van der Waals surface area (Å²) >= 11 is 0. The van der Waals surface area contributed by atoms with E-state index in [4.69, 9.17) is 20.6 Å². The molecule has 2 aliphatic rings. The number of aliphatic hydroxyl groups excluding tert-OH is 1. The van der Waals surface area contributed by atoms with Crippen molar-refractivity contribution in [2.45, 2.75) is 57.7 Å². The molecule has 146 valence electrons. The molecule has 0 amide bonds. The van der Waals surface area contributed by atoms with Crippen LogP contribution in [0, 0.1) is 12.3 Å². The van der Waals surface area contributed by atoms with E-state index in [9.17, 15) is 5.11 Å². The summed E-state index contributed by atoms with van der Waals surface area (Å²) in [5.74, 6) is 2.81. The molecule has 1 saturated heterocycles. The fraction of sp³-hybridized carbons (Fsp3) is 0.417. The molecule has 1 fully saturated rings. The number of hydrogen-bond acceptors (Lipinski definition) is 4. The molecule has 0 bridgehead atoms. The highest BCUT2D eigenvalue weighted by atomic mass is 16.7. The SMILES string of the molecule is C#Cc1cc2c(cc1Cc1ccc(OCC)cc1)[C@]1(CC(O)CC(C)O1)OC2. The number of hydrogen-bond donors (Lipinski definition) is 1. The van der Waals surface area contributed by atoms with Crippen LogP contribution >= 0.6 is 0 Å². The zero-order valence-electron chi connectivity index (χ0n) is 16.4. The molecule has 0 radical (unpaired) electrons. The lowest BCUT2D eigenvalue weighted by atomic mass is 9.88. The molecule has 3 atom stereocenters. The summed E-state index contributed by atoms with van der Waals surface area (Å²) in [6, 6.07) is 12.2. The fourth-order valence-electron chi connectivity index (χ4n) is 4.27. The number of aliphatic hydroxyl groups is 1. The lowest BCUT2D eigenvalue weighted by Gasteiger charge is -2.39. The number of benzene rings is 2. The predicted octanol–water partition coefficient (Wildman–Crippen LogP) is 3.90. The molecular weight excluding hydrogens is 352 g/mol. The molecule has 4 rings (SSSR count). The van der Waals surface area contributed by atoms with Crippen molar-refractivity contribution in [3.63, 3.8) is 0 Å². The Labute approximate surface area is 166 Å². The van der Waals surface area contributed by atoms with Gasteiger partial charge in [-0.15, -0.1) is 6.42 Å². The number of terminal acetylenes is 1. The molecule has 0 aliphatic carbocycles. The second-order valence-electron chi connectivity index (χ2n) is 7.63. The Morgan fingerprint density at radius 3 is 2.75 bits per heavy atom. The lowest BCUT2D eigenvalue weighted by Crippen LogP contribution is -2.43. The Morgan fingerprint density at radius 1 is 1.29 bits per heavy atom. The van der Waals surface area contributed by atoms with Crippen LogP contribution in [0.3, 0.4) is 0 Å². The van der Waals surface area contributed by atoms with E-state index >= 15 is 0 Å². The Kier molecular flexibility index (Phi) is 5.16. The first-order chi connectivity index (χ1) is 13.5. The van der Waals surface area contributed by atoms with Gasteiger partial charge < -0.3 is 19.3 Å². The summed E-state index contributed by atoms with van der Waals surface area (Å²) in [7, 11) is 0. The zero-order chi connectivity index (χ0) is 19.7. The summed E-state index contributed by atoms with van der Waals surface area (Å²) in [4.78, 5) is 0. The van der Waals surface area contributed by atoms with Crippen molar-refractivity contribution in [1.82, 2.24) is 0 Å². The van der Waals surface area contributed by atoms with E-state index in [0.717, 1.165) is 33.6 Å². The van der Waals surface area contributed by atoms with Crippen LogP contribution in [-0.2, 0) is 28.3 Å². The van der Waals surface area contributed by atoms with Gasteiger partial charge in [-0.25, -0.2) is 0 Å². The summed E-state index contributed by atoms with van der Waals surface area (Å²) in [6.07, 6.45) is 7.09. The molecule has 4 nitrogen and oxygen atoms in total. The van der Waals surface area contributed by atoms with Crippen molar-refractivity contribution in [3.05, 3.63) is 64.2 Å². The molecule has 0 saturated carbocycles. The summed E-state index contributed by atoms with van der Waals surface area (Å²) < 4.78 is 17.8. The van der Waals surface area contributed by atoms with E-state index in [1.807, 2.05) is 32.0 Å². The van der Waals surface area contributed by atoms with Gasteiger partial charge in [0.05, 0.1) is 25.4 Å². The minimum absolute atomic E-state index is 0.0587. The lowest BCUT2D eigenvalue weighted by molar-refractivity contribution is -0.295. The van der Waals surface area contributed by atoms with Gasteiger partial charge in [-0.2, -0.15) is 0 Å². The van der Waals surface area contributed by atoms with Gasteiger partial charge in [-0.1, -0.05) is 18.1 Å². The highest BCUT2D eigenvalue weighted by molar-refractivity contribution is 5.50. The van der Waals surface area contributed by atoms with Crippen LogP contribution < -0.4 is 4.74 Å². The Balaban J connectivity index is 1.67. The fourth-order valence-corrected chi connectivity index (χ4v) is 4.27. The van der Waals surface area contributed by atoms with E-state index in [1.54, 1.807) is 0 Å². The molecule has 1 N–H and O–H groups in total. The first-order valence-electron chi connectivity index (χ1n) is 9.87. The van der Waals surface area contributed by atoms with E-state index in [0.29, 0.717) is 32.5 Å². The third kappa shape index (κ3) is 3.54.